The monoisotopic (exact) mass is 602 g/mol. The summed E-state index contributed by atoms with van der Waals surface area (Å²) in [6.45, 7) is 10.6. The Morgan fingerprint density at radius 3 is 2.57 bits per heavy atom. The van der Waals surface area contributed by atoms with E-state index in [0.717, 1.165) is 74.0 Å². The molecule has 1 fully saturated rings. The molecule has 0 radical (unpaired) electrons. The molecule has 1 unspecified atom stereocenters. The van der Waals surface area contributed by atoms with Crippen LogP contribution in [0.4, 0.5) is 4.79 Å². The van der Waals surface area contributed by atoms with Crippen molar-refractivity contribution >= 4 is 16.1 Å². The summed E-state index contributed by atoms with van der Waals surface area (Å²) < 4.78 is 50.4. The SMILES string of the molecule is CC(C)NS(=O)(=O)c1cccc(CCCCOCCCCCCN2CC(c3ccc4c(c3)COC(C)(C)O4)OC2=O)c1. The Kier molecular flexibility index (Phi) is 11.3. The van der Waals surface area contributed by atoms with Gasteiger partial charge in [-0.2, -0.15) is 0 Å². The first kappa shape index (κ1) is 32.3. The number of amides is 1. The number of carbonyl (C=O) groups is 1. The van der Waals surface area contributed by atoms with Gasteiger partial charge in [0.05, 0.1) is 18.0 Å². The minimum absolute atomic E-state index is 0.140. The molecule has 2 aliphatic heterocycles. The summed E-state index contributed by atoms with van der Waals surface area (Å²) in [5.74, 6) is 0.183. The van der Waals surface area contributed by atoms with Gasteiger partial charge in [-0.15, -0.1) is 0 Å². The first-order chi connectivity index (χ1) is 20.0. The molecule has 0 aliphatic carbocycles. The molecule has 0 bridgehead atoms. The lowest BCUT2D eigenvalue weighted by atomic mass is 10.0. The summed E-state index contributed by atoms with van der Waals surface area (Å²) in [5.41, 5.74) is 2.96. The van der Waals surface area contributed by atoms with E-state index in [1.165, 1.54) is 0 Å². The maximum atomic E-state index is 12.4. The van der Waals surface area contributed by atoms with Gasteiger partial charge < -0.3 is 23.8 Å². The predicted molar refractivity (Wildman–Crippen MR) is 161 cm³/mol. The summed E-state index contributed by atoms with van der Waals surface area (Å²) in [7, 11) is -3.47. The molecule has 1 amide bonds. The van der Waals surface area contributed by atoms with Crippen LogP contribution in [0, 0.1) is 0 Å². The molecule has 2 aromatic rings. The lowest BCUT2D eigenvalue weighted by molar-refractivity contribution is -0.180. The second-order valence-electron chi connectivity index (χ2n) is 11.9. The number of nitrogens with zero attached hydrogens (tertiary/aromatic N) is 1. The number of hydrogen-bond acceptors (Lipinski definition) is 7. The molecule has 1 atom stereocenters. The molecule has 232 valence electrons. The van der Waals surface area contributed by atoms with Gasteiger partial charge in [-0.05, 0) is 81.3 Å². The quantitative estimate of drug-likeness (QED) is 0.231. The second-order valence-corrected chi connectivity index (χ2v) is 13.6. The minimum Gasteiger partial charge on any atom is -0.463 e. The van der Waals surface area contributed by atoms with Crippen LogP contribution in [-0.4, -0.2) is 57.5 Å². The van der Waals surface area contributed by atoms with Crippen LogP contribution in [0.5, 0.6) is 5.75 Å². The highest BCUT2D eigenvalue weighted by molar-refractivity contribution is 7.89. The molecular weight excluding hydrogens is 556 g/mol. The third kappa shape index (κ3) is 9.42. The number of rotatable bonds is 16. The maximum Gasteiger partial charge on any atom is 0.410 e. The number of hydrogen-bond donors (Lipinski definition) is 1. The van der Waals surface area contributed by atoms with Crippen LogP contribution in [-0.2, 0) is 37.3 Å². The van der Waals surface area contributed by atoms with E-state index in [0.29, 0.717) is 31.2 Å². The molecule has 0 aromatic heterocycles. The number of ether oxygens (including phenoxy) is 4. The van der Waals surface area contributed by atoms with Crippen LogP contribution < -0.4 is 9.46 Å². The zero-order valence-corrected chi connectivity index (χ0v) is 26.2. The third-order valence-electron chi connectivity index (χ3n) is 7.35. The van der Waals surface area contributed by atoms with Crippen molar-refractivity contribution in [3.05, 3.63) is 59.2 Å². The minimum atomic E-state index is -3.47. The number of nitrogens with one attached hydrogen (secondary N) is 1. The molecule has 0 spiro atoms. The number of benzene rings is 2. The summed E-state index contributed by atoms with van der Waals surface area (Å²) in [6.07, 6.45) is 6.18. The molecule has 10 heteroatoms. The molecule has 1 N–H and O–H groups in total. The molecule has 2 aliphatic rings. The van der Waals surface area contributed by atoms with Gasteiger partial charge in [0.25, 0.3) is 0 Å². The average Bonchev–Trinajstić information content (AvgIpc) is 3.30. The zero-order valence-electron chi connectivity index (χ0n) is 25.4. The zero-order chi connectivity index (χ0) is 30.2. The van der Waals surface area contributed by atoms with E-state index in [-0.39, 0.29) is 18.2 Å². The van der Waals surface area contributed by atoms with Gasteiger partial charge >= 0.3 is 6.09 Å². The van der Waals surface area contributed by atoms with Crippen LogP contribution in [0.2, 0.25) is 0 Å². The van der Waals surface area contributed by atoms with Crippen molar-refractivity contribution in [1.29, 1.82) is 0 Å². The Morgan fingerprint density at radius 1 is 1.02 bits per heavy atom. The van der Waals surface area contributed by atoms with Gasteiger partial charge in [0.15, 0.2) is 0 Å². The second kappa shape index (κ2) is 14.7. The van der Waals surface area contributed by atoms with E-state index < -0.39 is 15.8 Å². The Morgan fingerprint density at radius 2 is 1.79 bits per heavy atom. The van der Waals surface area contributed by atoms with Crippen molar-refractivity contribution in [2.24, 2.45) is 0 Å². The van der Waals surface area contributed by atoms with Crippen molar-refractivity contribution in [3.63, 3.8) is 0 Å². The summed E-state index contributed by atoms with van der Waals surface area (Å²) in [4.78, 5) is 14.5. The molecule has 9 nitrogen and oxygen atoms in total. The number of cyclic esters (lactones) is 1. The molecule has 4 rings (SSSR count). The van der Waals surface area contributed by atoms with Crippen molar-refractivity contribution in [2.75, 3.05) is 26.3 Å². The molecule has 2 heterocycles. The largest absolute Gasteiger partial charge is 0.463 e. The highest BCUT2D eigenvalue weighted by Crippen LogP contribution is 2.35. The van der Waals surface area contributed by atoms with Gasteiger partial charge in [-0.25, -0.2) is 17.9 Å². The van der Waals surface area contributed by atoms with Gasteiger partial charge in [-0.1, -0.05) is 31.0 Å². The fourth-order valence-electron chi connectivity index (χ4n) is 5.16. The topological polar surface area (TPSA) is 103 Å². The van der Waals surface area contributed by atoms with E-state index in [4.69, 9.17) is 18.9 Å². The lowest BCUT2D eigenvalue weighted by Gasteiger charge is -2.32. The van der Waals surface area contributed by atoms with E-state index in [1.807, 2.05) is 52.0 Å². The third-order valence-corrected chi connectivity index (χ3v) is 9.00. The van der Waals surface area contributed by atoms with Crippen molar-refractivity contribution in [1.82, 2.24) is 9.62 Å². The molecule has 42 heavy (non-hydrogen) atoms. The number of unbranched alkanes of at least 4 members (excludes halogenated alkanes) is 4. The van der Waals surface area contributed by atoms with E-state index in [2.05, 4.69) is 4.72 Å². The van der Waals surface area contributed by atoms with Gasteiger partial charge in [0.2, 0.25) is 15.8 Å². The van der Waals surface area contributed by atoms with Crippen LogP contribution >= 0.6 is 0 Å². The molecular formula is C32H46N2O7S. The number of carbonyl (C=O) groups excluding carboxylic acids is 1. The van der Waals surface area contributed by atoms with Crippen molar-refractivity contribution in [2.45, 2.75) is 102 Å². The number of sulfonamides is 1. The lowest BCUT2D eigenvalue weighted by Crippen LogP contribution is -2.35. The van der Waals surface area contributed by atoms with Gasteiger partial charge in [0, 0.05) is 45.2 Å². The summed E-state index contributed by atoms with van der Waals surface area (Å²) in [5, 5.41) is 0. The smallest absolute Gasteiger partial charge is 0.410 e. The normalized spacial score (nSPS) is 18.2. The molecule has 2 aromatic carbocycles. The first-order valence-electron chi connectivity index (χ1n) is 15.1. The van der Waals surface area contributed by atoms with E-state index >= 15 is 0 Å². The number of aryl methyl sites for hydroxylation is 1. The standard InChI is InChI=1S/C32H46N2O7S/c1-24(2)33-42(36,37)28-14-11-13-25(20-28)12-7-10-19-38-18-9-6-5-8-17-34-22-30(40-31(34)35)26-15-16-29-27(21-26)23-39-32(3,4)41-29/h11,13-16,20-21,24,30,33H,5-10,12,17-19,22-23H2,1-4H3. The Balaban J connectivity index is 1.04. The van der Waals surface area contributed by atoms with E-state index in [1.54, 1.807) is 23.1 Å². The van der Waals surface area contributed by atoms with Crippen LogP contribution in [0.25, 0.3) is 0 Å². The highest BCUT2D eigenvalue weighted by atomic mass is 32.2. The first-order valence-corrected chi connectivity index (χ1v) is 16.6. The maximum absolute atomic E-state index is 12.4. The Bertz CT molecular complexity index is 1300. The van der Waals surface area contributed by atoms with Gasteiger partial charge in [0.1, 0.15) is 11.9 Å². The summed E-state index contributed by atoms with van der Waals surface area (Å²) >= 11 is 0. The number of fused-ring (bicyclic) bond motifs is 1. The molecule has 1 saturated heterocycles. The average molecular weight is 603 g/mol. The van der Waals surface area contributed by atoms with E-state index in [9.17, 15) is 13.2 Å². The Labute approximate surface area is 250 Å². The predicted octanol–water partition coefficient (Wildman–Crippen LogP) is 6.11. The van der Waals surface area contributed by atoms with Gasteiger partial charge in [-0.3, -0.25) is 0 Å². The fraction of sp³-hybridized carbons (Fsp3) is 0.594. The van der Waals surface area contributed by atoms with Crippen LogP contribution in [0.15, 0.2) is 47.4 Å². The van der Waals surface area contributed by atoms with Crippen LogP contribution in [0.3, 0.4) is 0 Å². The highest BCUT2D eigenvalue weighted by Gasteiger charge is 2.33. The van der Waals surface area contributed by atoms with Crippen LogP contribution in [0.1, 0.15) is 89.0 Å². The summed E-state index contributed by atoms with van der Waals surface area (Å²) in [6, 6.07) is 12.9. The van der Waals surface area contributed by atoms with Crippen molar-refractivity contribution in [3.8, 4) is 5.75 Å². The fourth-order valence-corrected chi connectivity index (χ4v) is 6.49. The van der Waals surface area contributed by atoms with Crippen molar-refractivity contribution < 1.29 is 32.2 Å². The molecule has 0 saturated carbocycles. The Hall–Kier alpha value is -2.66.